The van der Waals surface area contributed by atoms with Crippen LogP contribution in [0.2, 0.25) is 0 Å². The van der Waals surface area contributed by atoms with Crippen molar-refractivity contribution < 1.29 is 14.6 Å². The molecule has 0 saturated carbocycles. The molecule has 1 N–H and O–H groups in total. The molecule has 2 atom stereocenters. The molecule has 2 heterocycles. The van der Waals surface area contributed by atoms with Gasteiger partial charge in [0.25, 0.3) is 0 Å². The Morgan fingerprint density at radius 3 is 2.41 bits per heavy atom. The van der Waals surface area contributed by atoms with E-state index in [0.29, 0.717) is 12.8 Å². The van der Waals surface area contributed by atoms with E-state index in [9.17, 15) is 9.90 Å². The van der Waals surface area contributed by atoms with E-state index in [-0.39, 0.29) is 24.8 Å². The summed E-state index contributed by atoms with van der Waals surface area (Å²) >= 11 is 0. The van der Waals surface area contributed by atoms with Crippen LogP contribution in [-0.2, 0) is 29.8 Å². The first-order valence-electron chi connectivity index (χ1n) is 11.9. The summed E-state index contributed by atoms with van der Waals surface area (Å²) in [6, 6.07) is 20.7. The molecule has 32 heavy (non-hydrogen) atoms. The Hall–Kier alpha value is -2.85. The quantitative estimate of drug-likeness (QED) is 0.602. The normalized spacial score (nSPS) is 26.3. The minimum Gasteiger partial charge on any atom is -0.445 e. The largest absolute Gasteiger partial charge is 0.445 e. The second-order valence-electron chi connectivity index (χ2n) is 9.74. The lowest BCUT2D eigenvalue weighted by molar-refractivity contribution is -0.0888. The van der Waals surface area contributed by atoms with Crippen LogP contribution in [0.25, 0.3) is 10.8 Å². The van der Waals surface area contributed by atoms with E-state index in [0.717, 1.165) is 43.2 Å². The van der Waals surface area contributed by atoms with Gasteiger partial charge in [0, 0.05) is 24.9 Å². The van der Waals surface area contributed by atoms with Gasteiger partial charge in [0.15, 0.2) is 0 Å². The Balaban J connectivity index is 1.28. The summed E-state index contributed by atoms with van der Waals surface area (Å²) < 4.78 is 5.69. The van der Waals surface area contributed by atoms with Crippen LogP contribution < -0.4 is 0 Å². The summed E-state index contributed by atoms with van der Waals surface area (Å²) in [4.78, 5) is 15.0. The number of hydrogen-bond donors (Lipinski definition) is 1. The van der Waals surface area contributed by atoms with Crippen molar-refractivity contribution >= 4 is 16.9 Å². The van der Waals surface area contributed by atoms with Gasteiger partial charge in [-0.1, -0.05) is 60.7 Å². The van der Waals surface area contributed by atoms with Crippen LogP contribution in [-0.4, -0.2) is 28.2 Å². The van der Waals surface area contributed by atoms with Crippen molar-refractivity contribution in [2.45, 2.75) is 69.2 Å². The van der Waals surface area contributed by atoms with E-state index in [2.05, 4.69) is 30.3 Å². The Kier molecular flexibility index (Phi) is 4.72. The van der Waals surface area contributed by atoms with Gasteiger partial charge in [0.05, 0.1) is 5.60 Å². The van der Waals surface area contributed by atoms with Crippen molar-refractivity contribution in [2.24, 2.45) is 0 Å². The molecule has 164 valence electrons. The molecule has 2 fully saturated rings. The van der Waals surface area contributed by atoms with Gasteiger partial charge < -0.3 is 14.7 Å². The number of piperidine rings is 2. The monoisotopic (exact) mass is 427 g/mol. The summed E-state index contributed by atoms with van der Waals surface area (Å²) in [7, 11) is 0. The predicted octanol–water partition coefficient (Wildman–Crippen LogP) is 5.48. The van der Waals surface area contributed by atoms with Gasteiger partial charge in [-0.3, -0.25) is 0 Å². The van der Waals surface area contributed by atoms with Gasteiger partial charge >= 0.3 is 6.09 Å². The number of fused-ring (bicyclic) bond motifs is 2. The van der Waals surface area contributed by atoms with Crippen molar-refractivity contribution in [2.75, 3.05) is 0 Å². The number of carbonyl (C=O) groups excluding carboxylic acids is 1. The minimum atomic E-state index is -0.911. The number of amides is 1. The fraction of sp³-hybridized carbons (Fsp3) is 0.393. The van der Waals surface area contributed by atoms with Crippen LogP contribution in [0, 0.1) is 0 Å². The standard InChI is InChI=1S/C28H29NO3/c30-27(32-18-19-6-2-1-3-7-19)29-22-9-5-10-23(29)17-28(31,16-22)25-15-14-21-13-12-20-8-4-11-24(25)26(20)21/h1-4,6-8,11,14-15,22-23,31H,5,9-10,12-13,16-18H2. The van der Waals surface area contributed by atoms with Crippen LogP contribution in [0.3, 0.4) is 0 Å². The van der Waals surface area contributed by atoms with Crippen molar-refractivity contribution in [1.29, 1.82) is 0 Å². The number of rotatable bonds is 3. The number of benzene rings is 3. The Morgan fingerprint density at radius 2 is 1.66 bits per heavy atom. The van der Waals surface area contributed by atoms with Gasteiger partial charge in [-0.15, -0.1) is 0 Å². The molecule has 6 rings (SSSR count). The summed E-state index contributed by atoms with van der Waals surface area (Å²) in [5.41, 5.74) is 3.91. The Bertz CT molecular complexity index is 1150. The Labute approximate surface area is 188 Å². The predicted molar refractivity (Wildman–Crippen MR) is 124 cm³/mol. The third-order valence-electron chi connectivity index (χ3n) is 7.80. The second-order valence-corrected chi connectivity index (χ2v) is 9.74. The van der Waals surface area contributed by atoms with E-state index in [4.69, 9.17) is 4.74 Å². The fourth-order valence-electron chi connectivity index (χ4n) is 6.39. The van der Waals surface area contributed by atoms with Crippen LogP contribution in [0.4, 0.5) is 4.79 Å². The van der Waals surface area contributed by atoms with Crippen molar-refractivity contribution in [3.8, 4) is 0 Å². The molecule has 2 bridgehead atoms. The lowest BCUT2D eigenvalue weighted by atomic mass is 9.71. The molecule has 0 radical (unpaired) electrons. The third kappa shape index (κ3) is 3.20. The first kappa shape index (κ1) is 19.8. The number of aliphatic hydroxyl groups is 1. The van der Waals surface area contributed by atoms with Crippen molar-refractivity contribution in [3.05, 3.63) is 82.9 Å². The number of carbonyl (C=O) groups is 1. The third-order valence-corrected chi connectivity index (χ3v) is 7.80. The topological polar surface area (TPSA) is 49.8 Å². The molecule has 4 nitrogen and oxygen atoms in total. The first-order chi connectivity index (χ1) is 15.6. The molecule has 3 aromatic carbocycles. The number of aryl methyl sites for hydroxylation is 2. The lowest BCUT2D eigenvalue weighted by Crippen LogP contribution is -2.59. The summed E-state index contributed by atoms with van der Waals surface area (Å²) in [5, 5.41) is 14.5. The highest BCUT2D eigenvalue weighted by Crippen LogP contribution is 2.47. The van der Waals surface area contributed by atoms with E-state index in [1.54, 1.807) is 0 Å². The number of hydrogen-bond acceptors (Lipinski definition) is 3. The minimum absolute atomic E-state index is 0.0128. The maximum atomic E-state index is 13.1. The van der Waals surface area contributed by atoms with E-state index < -0.39 is 5.60 Å². The SMILES string of the molecule is O=C(OCc1ccccc1)N1C2CCCC1CC(O)(c1ccc3c4c(cccc14)CC3)C2. The molecule has 0 aromatic heterocycles. The molecule has 3 aliphatic rings. The van der Waals surface area contributed by atoms with Gasteiger partial charge in [-0.2, -0.15) is 0 Å². The first-order valence-corrected chi connectivity index (χ1v) is 11.9. The van der Waals surface area contributed by atoms with E-state index in [1.807, 2.05) is 35.2 Å². The molecular formula is C28H29NO3. The average molecular weight is 428 g/mol. The molecule has 1 aliphatic carbocycles. The highest BCUT2D eigenvalue weighted by atomic mass is 16.6. The van der Waals surface area contributed by atoms with Gasteiger partial charge in [-0.05, 0) is 65.1 Å². The fourth-order valence-corrected chi connectivity index (χ4v) is 6.39. The zero-order valence-corrected chi connectivity index (χ0v) is 18.3. The van der Waals surface area contributed by atoms with Crippen LogP contribution in [0.1, 0.15) is 54.4 Å². The molecule has 3 aromatic rings. The summed E-state index contributed by atoms with van der Waals surface area (Å²) in [6.45, 7) is 0.286. The zero-order valence-electron chi connectivity index (χ0n) is 18.3. The number of ether oxygens (including phenoxy) is 1. The van der Waals surface area contributed by atoms with Gasteiger partial charge in [0.1, 0.15) is 6.61 Å². The van der Waals surface area contributed by atoms with E-state index >= 15 is 0 Å². The van der Waals surface area contributed by atoms with Crippen LogP contribution in [0.15, 0.2) is 60.7 Å². The Morgan fingerprint density at radius 1 is 0.938 bits per heavy atom. The molecule has 2 unspecified atom stereocenters. The summed E-state index contributed by atoms with van der Waals surface area (Å²) in [5.74, 6) is 0. The summed E-state index contributed by atoms with van der Waals surface area (Å²) in [6.07, 6.45) is 6.00. The molecule has 0 spiro atoms. The molecular weight excluding hydrogens is 398 g/mol. The lowest BCUT2D eigenvalue weighted by Gasteiger charge is -2.51. The molecule has 1 amide bonds. The number of nitrogens with zero attached hydrogens (tertiary/aromatic N) is 1. The maximum Gasteiger partial charge on any atom is 0.410 e. The van der Waals surface area contributed by atoms with Gasteiger partial charge in [-0.25, -0.2) is 4.79 Å². The molecule has 2 aliphatic heterocycles. The highest BCUT2D eigenvalue weighted by Gasteiger charge is 2.49. The zero-order chi connectivity index (χ0) is 21.7. The van der Waals surface area contributed by atoms with Crippen molar-refractivity contribution in [1.82, 2.24) is 4.90 Å². The average Bonchev–Trinajstić information content (AvgIpc) is 3.23. The van der Waals surface area contributed by atoms with Gasteiger partial charge in [0.2, 0.25) is 0 Å². The van der Waals surface area contributed by atoms with Crippen LogP contribution in [0.5, 0.6) is 0 Å². The second kappa shape index (κ2) is 7.63. The maximum absolute atomic E-state index is 13.1. The van der Waals surface area contributed by atoms with Crippen molar-refractivity contribution in [3.63, 3.8) is 0 Å². The highest BCUT2D eigenvalue weighted by molar-refractivity contribution is 5.93. The molecule has 2 saturated heterocycles. The smallest absolute Gasteiger partial charge is 0.410 e. The van der Waals surface area contributed by atoms with Crippen LogP contribution >= 0.6 is 0 Å². The molecule has 4 heteroatoms. The van der Waals surface area contributed by atoms with E-state index in [1.165, 1.54) is 21.9 Å².